The summed E-state index contributed by atoms with van der Waals surface area (Å²) in [7, 11) is 0. The van der Waals surface area contributed by atoms with Crippen molar-refractivity contribution in [2.75, 3.05) is 5.84 Å². The summed E-state index contributed by atoms with van der Waals surface area (Å²) in [6, 6.07) is 47.8. The summed E-state index contributed by atoms with van der Waals surface area (Å²) >= 11 is 0. The van der Waals surface area contributed by atoms with Gasteiger partial charge in [0.05, 0.1) is 11.0 Å². The molecule has 0 unspecified atom stereocenters. The molecule has 0 radical (unpaired) electrons. The minimum Gasteiger partial charge on any atom is -0.355 e. The lowest BCUT2D eigenvalue weighted by molar-refractivity contribution is -0.533. The third-order valence-corrected chi connectivity index (χ3v) is 7.75. The first kappa shape index (κ1) is 25.9. The third-order valence-electron chi connectivity index (χ3n) is 7.75. The number of benzene rings is 6. The molecule has 3 heterocycles. The van der Waals surface area contributed by atoms with Crippen LogP contribution in [0.5, 0.6) is 0 Å². The highest BCUT2D eigenvalue weighted by atomic mass is 16.7. The minimum absolute atomic E-state index is 0.384. The fourth-order valence-electron chi connectivity index (χ4n) is 5.83. The van der Waals surface area contributed by atoms with Crippen LogP contribution in [0.4, 0.5) is 0 Å². The number of nitrogen functional groups attached to an aromatic ring is 1. The maximum absolute atomic E-state index is 11.1. The number of para-hydroxylation sites is 6. The van der Waals surface area contributed by atoms with Crippen LogP contribution in [0.1, 0.15) is 0 Å². The molecule has 208 valence electrons. The highest BCUT2D eigenvalue weighted by Gasteiger charge is 2.16. The van der Waals surface area contributed by atoms with E-state index in [-0.39, 0.29) is 5.03 Å². The van der Waals surface area contributed by atoms with Crippen LogP contribution < -0.4 is 5.84 Å². The zero-order chi connectivity index (χ0) is 29.3. The summed E-state index contributed by atoms with van der Waals surface area (Å²) in [5.41, 5.74) is 5.84. The van der Waals surface area contributed by atoms with Crippen LogP contribution in [0.15, 0.2) is 146 Å². The van der Waals surface area contributed by atoms with Crippen LogP contribution in [0, 0.1) is 10.1 Å². The molecule has 0 atom stereocenters. The van der Waals surface area contributed by atoms with Crippen LogP contribution in [-0.4, -0.2) is 19.4 Å². The summed E-state index contributed by atoms with van der Waals surface area (Å²) < 4.78 is 2.87. The number of nitro groups is 1. The van der Waals surface area contributed by atoms with Crippen molar-refractivity contribution in [2.24, 2.45) is 0 Å². The van der Waals surface area contributed by atoms with Gasteiger partial charge in [-0.3, -0.25) is 4.68 Å². The molecule has 9 rings (SSSR count). The predicted octanol–water partition coefficient (Wildman–Crippen LogP) is 8.66. The molecule has 0 fully saturated rings. The molecular formula is C36H27N5O2. The summed E-state index contributed by atoms with van der Waals surface area (Å²) in [6.45, 7) is 0. The van der Waals surface area contributed by atoms with Crippen molar-refractivity contribution in [2.45, 2.75) is 0 Å². The third kappa shape index (κ3) is 4.49. The molecule has 0 saturated carbocycles. The van der Waals surface area contributed by atoms with Crippen molar-refractivity contribution in [1.82, 2.24) is 14.3 Å². The maximum atomic E-state index is 11.1. The summed E-state index contributed by atoms with van der Waals surface area (Å²) in [4.78, 5) is 14.4. The summed E-state index contributed by atoms with van der Waals surface area (Å²) in [5, 5.41) is 17.5. The monoisotopic (exact) mass is 561 g/mol. The molecule has 0 aliphatic carbocycles. The van der Waals surface area contributed by atoms with Gasteiger partial charge in [0, 0.05) is 43.4 Å². The highest BCUT2D eigenvalue weighted by molar-refractivity contribution is 6.09. The van der Waals surface area contributed by atoms with Gasteiger partial charge >= 0.3 is 0 Å². The summed E-state index contributed by atoms with van der Waals surface area (Å²) in [6.07, 6.45) is 0. The Kier molecular flexibility index (Phi) is 6.45. The number of aromatic amines is 1. The highest BCUT2D eigenvalue weighted by Crippen LogP contribution is 2.29. The lowest BCUT2D eigenvalue weighted by atomic mass is 10.2. The smallest absolute Gasteiger partial charge is 0.170 e. The van der Waals surface area contributed by atoms with Gasteiger partial charge in [0.1, 0.15) is 11.0 Å². The Morgan fingerprint density at radius 3 is 1.16 bits per heavy atom. The van der Waals surface area contributed by atoms with Gasteiger partial charge in [0.15, 0.2) is 5.03 Å². The Hall–Kier alpha value is -6.08. The average molecular weight is 562 g/mol. The number of nitrogens with two attached hydrogens (primary N) is 1. The van der Waals surface area contributed by atoms with Crippen LogP contribution >= 0.6 is 0 Å². The molecule has 0 spiro atoms. The molecule has 3 N–H and O–H groups in total. The van der Waals surface area contributed by atoms with E-state index in [1.54, 1.807) is 28.9 Å². The first-order chi connectivity index (χ1) is 21.1. The Balaban J connectivity index is 0.000000105. The fourth-order valence-corrected chi connectivity index (χ4v) is 5.83. The van der Waals surface area contributed by atoms with Crippen molar-refractivity contribution < 1.29 is 5.03 Å². The van der Waals surface area contributed by atoms with Gasteiger partial charge in [-0.25, -0.2) is 10.1 Å². The van der Waals surface area contributed by atoms with Crippen molar-refractivity contribution in [1.29, 1.82) is 0 Å². The molecule has 9 aromatic rings. The number of H-pyrrole nitrogens is 1. The van der Waals surface area contributed by atoms with Gasteiger partial charge in [0.2, 0.25) is 0 Å². The quantitative estimate of drug-likeness (QED) is 0.119. The molecule has 0 saturated heterocycles. The van der Waals surface area contributed by atoms with E-state index in [1.165, 1.54) is 32.6 Å². The van der Waals surface area contributed by atoms with Crippen molar-refractivity contribution in [3.63, 3.8) is 0 Å². The molecule has 7 heteroatoms. The van der Waals surface area contributed by atoms with Gasteiger partial charge in [-0.15, -0.1) is 0 Å². The number of nitrogens with one attached hydrogen (secondary N) is 1. The zero-order valence-corrected chi connectivity index (χ0v) is 23.1. The molecule has 0 bridgehead atoms. The van der Waals surface area contributed by atoms with Crippen LogP contribution in [0.25, 0.3) is 65.4 Å². The Bertz CT molecular complexity index is 2260. The molecule has 6 aromatic carbocycles. The second-order valence-electron chi connectivity index (χ2n) is 10.2. The van der Waals surface area contributed by atoms with E-state index in [2.05, 4.69) is 65.6 Å². The lowest BCUT2D eigenvalue weighted by Crippen LogP contribution is -2.07. The number of hydrogen-bond donors (Lipinski definition) is 2. The molecule has 3 aromatic heterocycles. The van der Waals surface area contributed by atoms with Gasteiger partial charge < -0.3 is 10.8 Å². The van der Waals surface area contributed by atoms with E-state index >= 15 is 0 Å². The van der Waals surface area contributed by atoms with Gasteiger partial charge in [0.25, 0.3) is 0 Å². The van der Waals surface area contributed by atoms with E-state index in [0.717, 1.165) is 26.5 Å². The second-order valence-corrected chi connectivity index (χ2v) is 10.2. The molecule has 0 aliphatic rings. The topological polar surface area (TPSA) is 94.8 Å². The normalized spacial score (nSPS) is 11.1. The van der Waals surface area contributed by atoms with Crippen LogP contribution in [-0.2, 0) is 0 Å². The Labute approximate surface area is 246 Å². The van der Waals surface area contributed by atoms with Crippen molar-refractivity contribution >= 4 is 65.4 Å². The Morgan fingerprint density at radius 2 is 0.767 bits per heavy atom. The maximum Gasteiger partial charge on any atom is 0.170 e. The SMILES string of the molecule is Nn1c2ccccc2c2ccccc21.O=[N+]([O-])n1c2ccccc2c2ccccc21.c1ccc2c(c1)[nH]c1ccccc12. The number of fused-ring (bicyclic) bond motifs is 9. The number of rotatable bonds is 1. The predicted molar refractivity (Wildman–Crippen MR) is 177 cm³/mol. The van der Waals surface area contributed by atoms with Crippen molar-refractivity contribution in [3.05, 3.63) is 156 Å². The van der Waals surface area contributed by atoms with Crippen LogP contribution in [0.3, 0.4) is 0 Å². The van der Waals surface area contributed by atoms with E-state index in [4.69, 9.17) is 5.84 Å². The standard InChI is InChI=1S/C12H8N2O2.C12H10N2.C12H9N/c15-14(16)13-11-7-3-1-5-9(11)10-6-2-4-8-12(10)13;13-14-11-7-3-1-5-9(11)10-6-2-4-8-12(10)14;1-3-7-11-9(5-1)10-6-2-4-8-12(10)13-11/h1-8H;1-8H,13H2;1-8,13H. The zero-order valence-electron chi connectivity index (χ0n) is 23.1. The number of hydrogen-bond acceptors (Lipinski definition) is 3. The van der Waals surface area contributed by atoms with E-state index < -0.39 is 0 Å². The number of aromatic nitrogens is 3. The second kappa shape index (κ2) is 10.7. The minimum atomic E-state index is -0.384. The largest absolute Gasteiger partial charge is 0.355 e. The van der Waals surface area contributed by atoms with Crippen molar-refractivity contribution in [3.8, 4) is 0 Å². The van der Waals surface area contributed by atoms with Crippen LogP contribution in [0.2, 0.25) is 0 Å². The van der Waals surface area contributed by atoms with E-state index in [9.17, 15) is 10.1 Å². The molecular weight excluding hydrogens is 534 g/mol. The molecule has 7 nitrogen and oxygen atoms in total. The number of nitrogens with zero attached hydrogens (tertiary/aromatic N) is 3. The van der Waals surface area contributed by atoms with E-state index in [0.29, 0.717) is 11.0 Å². The van der Waals surface area contributed by atoms with Gasteiger partial charge in [-0.2, -0.15) is 0 Å². The average Bonchev–Trinajstić information content (AvgIpc) is 3.70. The van der Waals surface area contributed by atoms with E-state index in [1.807, 2.05) is 60.7 Å². The van der Waals surface area contributed by atoms with Gasteiger partial charge in [-0.05, 0) is 36.4 Å². The fraction of sp³-hybridized carbons (Fsp3) is 0. The molecule has 0 amide bonds. The molecule has 0 aliphatic heterocycles. The lowest BCUT2D eigenvalue weighted by Gasteiger charge is -1.95. The summed E-state index contributed by atoms with van der Waals surface area (Å²) in [5.74, 6) is 5.99. The van der Waals surface area contributed by atoms with Gasteiger partial charge in [-0.1, -0.05) is 114 Å². The Morgan fingerprint density at radius 1 is 0.465 bits per heavy atom. The molecule has 43 heavy (non-hydrogen) atoms. The first-order valence-electron chi connectivity index (χ1n) is 13.9. The first-order valence-corrected chi connectivity index (χ1v) is 13.9.